The van der Waals surface area contributed by atoms with E-state index in [1.54, 1.807) is 0 Å². The first kappa shape index (κ1) is 35.5. The summed E-state index contributed by atoms with van der Waals surface area (Å²) in [4.78, 5) is 0. The maximum atomic E-state index is 7.98. The molecule has 0 atom stereocenters. The predicted molar refractivity (Wildman–Crippen MR) is 28.2 cm³/mol. The second kappa shape index (κ2) is 42.4. The molecule has 0 aliphatic carbocycles. The van der Waals surface area contributed by atoms with Crippen LogP contribution in [0.1, 0.15) is 6.42 Å². The predicted octanol–water partition coefficient (Wildman–Crippen LogP) is -8.76. The largest absolute Gasteiger partial charge is 3.00 e. The summed E-state index contributed by atoms with van der Waals surface area (Å²) in [6, 6.07) is 0. The van der Waals surface area contributed by atoms with Crippen LogP contribution in [0.25, 0.3) is 0 Å². The third-order valence-corrected chi connectivity index (χ3v) is 0.559. The zero-order chi connectivity index (χ0) is 4.12. The average molecular weight is 162 g/mol. The molecule has 0 aliphatic rings. The van der Waals surface area contributed by atoms with E-state index in [-0.39, 0.29) is 29.1 Å². The van der Waals surface area contributed by atoms with Gasteiger partial charge < -0.3 is 19.2 Å². The standard InChI is InChI=1S/C3H7ClO.B.3FH/c4-2-1-3-5;;;;/h5H,1-3H2;;3*1H/q;+3;;;/p-3. The second-order valence-corrected chi connectivity index (χ2v) is 1.14. The van der Waals surface area contributed by atoms with Crippen LogP contribution >= 0.6 is 11.6 Å². The van der Waals surface area contributed by atoms with E-state index in [0.29, 0.717) is 12.3 Å². The van der Waals surface area contributed by atoms with E-state index in [9.17, 15) is 0 Å². The Hall–Kier alpha value is 0.105. The van der Waals surface area contributed by atoms with Crippen molar-refractivity contribution < 1.29 is 19.2 Å². The molecule has 0 spiro atoms. The topological polar surface area (TPSA) is 20.2 Å². The van der Waals surface area contributed by atoms with Gasteiger partial charge in [0, 0.05) is 12.5 Å². The van der Waals surface area contributed by atoms with Gasteiger partial charge in [-0.25, -0.2) is 0 Å². The summed E-state index contributed by atoms with van der Waals surface area (Å²) in [5, 5.41) is 7.98. The van der Waals surface area contributed by atoms with Crippen molar-refractivity contribution in [2.75, 3.05) is 12.5 Å². The Labute approximate surface area is 59.1 Å². The van der Waals surface area contributed by atoms with Crippen molar-refractivity contribution in [2.45, 2.75) is 6.42 Å². The molecule has 0 aliphatic heterocycles. The molecule has 0 unspecified atom stereocenters. The van der Waals surface area contributed by atoms with E-state index in [1.807, 2.05) is 0 Å². The number of rotatable bonds is 2. The number of halogens is 4. The number of aliphatic hydroxyl groups is 1. The second-order valence-electron chi connectivity index (χ2n) is 0.766. The Morgan fingerprint density at radius 3 is 1.44 bits per heavy atom. The third-order valence-electron chi connectivity index (χ3n) is 0.292. The van der Waals surface area contributed by atoms with Crippen molar-refractivity contribution in [1.82, 2.24) is 0 Å². The normalized spacial score (nSPS) is 4.67. The molecule has 56 valence electrons. The van der Waals surface area contributed by atoms with Gasteiger partial charge in [-0.3, -0.25) is 0 Å². The SMILES string of the molecule is OCCCCl.[B+3].[F-].[F-].[F-]. The summed E-state index contributed by atoms with van der Waals surface area (Å²) in [6.07, 6.45) is 0.710. The van der Waals surface area contributed by atoms with Crippen LogP contribution in [0.4, 0.5) is 0 Å². The summed E-state index contributed by atoms with van der Waals surface area (Å²) in [7, 11) is 0. The van der Waals surface area contributed by atoms with Gasteiger partial charge in [-0.2, -0.15) is 0 Å². The smallest absolute Gasteiger partial charge is 1.00 e. The Morgan fingerprint density at radius 2 is 1.44 bits per heavy atom. The van der Waals surface area contributed by atoms with E-state index < -0.39 is 0 Å². The van der Waals surface area contributed by atoms with Crippen LogP contribution in [0.2, 0.25) is 0 Å². The molecule has 1 N–H and O–H groups in total. The number of hydrogen-bond acceptors (Lipinski definition) is 1. The maximum Gasteiger partial charge on any atom is 3.00 e. The molecule has 0 saturated carbocycles. The quantitative estimate of drug-likeness (QED) is 0.316. The van der Waals surface area contributed by atoms with Gasteiger partial charge in [0.15, 0.2) is 0 Å². The minimum atomic E-state index is 0. The van der Waals surface area contributed by atoms with Gasteiger partial charge in [-0.1, -0.05) is 0 Å². The summed E-state index contributed by atoms with van der Waals surface area (Å²) >= 11 is 5.14. The first-order valence-electron chi connectivity index (χ1n) is 1.58. The fourth-order valence-electron chi connectivity index (χ4n) is 0.0598. The van der Waals surface area contributed by atoms with Crippen LogP contribution in [0.3, 0.4) is 0 Å². The molecule has 0 aromatic carbocycles. The minimum absolute atomic E-state index is 0. The zero-order valence-corrected chi connectivity index (χ0v) is 5.41. The summed E-state index contributed by atoms with van der Waals surface area (Å²) in [5.74, 6) is 0.566. The van der Waals surface area contributed by atoms with E-state index in [0.717, 1.165) is 0 Å². The Kier molecular flexibility index (Phi) is 167. The molecule has 9 heavy (non-hydrogen) atoms. The van der Waals surface area contributed by atoms with Crippen LogP contribution in [0.5, 0.6) is 0 Å². The van der Waals surface area contributed by atoms with E-state index >= 15 is 0 Å². The Morgan fingerprint density at radius 1 is 1.11 bits per heavy atom. The molecular formula is C3H7BClF3O. The molecule has 0 bridgehead atoms. The van der Waals surface area contributed by atoms with Gasteiger partial charge in [0.25, 0.3) is 0 Å². The van der Waals surface area contributed by atoms with Crippen molar-refractivity contribution >= 4 is 20.0 Å². The first-order chi connectivity index (χ1) is 2.41. The van der Waals surface area contributed by atoms with Gasteiger partial charge in [-0.05, 0) is 6.42 Å². The van der Waals surface area contributed by atoms with Crippen molar-refractivity contribution in [3.63, 3.8) is 0 Å². The number of alkyl halides is 1. The molecule has 1 nitrogen and oxygen atoms in total. The monoisotopic (exact) mass is 162 g/mol. The van der Waals surface area contributed by atoms with Gasteiger partial charge in [0.2, 0.25) is 0 Å². The Bertz CT molecular complexity index is 26.5. The van der Waals surface area contributed by atoms with Crippen LogP contribution < -0.4 is 14.1 Å². The van der Waals surface area contributed by atoms with E-state index in [1.165, 1.54) is 0 Å². The molecule has 0 rings (SSSR count). The van der Waals surface area contributed by atoms with Gasteiger partial charge in [0.05, 0.1) is 0 Å². The van der Waals surface area contributed by atoms with Gasteiger partial charge in [0.1, 0.15) is 0 Å². The molecule has 0 radical (unpaired) electrons. The van der Waals surface area contributed by atoms with Crippen molar-refractivity contribution in [3.05, 3.63) is 0 Å². The Balaban J connectivity index is -0.0000000133. The van der Waals surface area contributed by atoms with Crippen molar-refractivity contribution in [2.24, 2.45) is 0 Å². The maximum absolute atomic E-state index is 7.98. The first-order valence-corrected chi connectivity index (χ1v) is 2.12. The van der Waals surface area contributed by atoms with Crippen molar-refractivity contribution in [1.29, 1.82) is 0 Å². The van der Waals surface area contributed by atoms with E-state index in [4.69, 9.17) is 16.7 Å². The molecule has 0 aromatic rings. The van der Waals surface area contributed by atoms with Crippen LogP contribution in [0.15, 0.2) is 0 Å². The number of hydrogen-bond donors (Lipinski definition) is 1. The van der Waals surface area contributed by atoms with Crippen LogP contribution in [-0.4, -0.2) is 26.0 Å². The molecule has 0 aromatic heterocycles. The minimum Gasteiger partial charge on any atom is -1.00 e. The molecule has 0 saturated heterocycles. The zero-order valence-electron chi connectivity index (χ0n) is 4.66. The molecule has 6 heteroatoms. The fourth-order valence-corrected chi connectivity index (χ4v) is 0.179. The van der Waals surface area contributed by atoms with Gasteiger partial charge in [-0.15, -0.1) is 11.6 Å². The summed E-state index contributed by atoms with van der Waals surface area (Å²) in [6.45, 7) is 0.212. The van der Waals surface area contributed by atoms with E-state index in [2.05, 4.69) is 0 Å². The molecule has 0 amide bonds. The molecule has 0 fully saturated rings. The summed E-state index contributed by atoms with van der Waals surface area (Å²) < 4.78 is 0. The van der Waals surface area contributed by atoms with Crippen molar-refractivity contribution in [3.8, 4) is 0 Å². The van der Waals surface area contributed by atoms with Crippen LogP contribution in [-0.2, 0) is 0 Å². The molecular weight excluding hydrogens is 155 g/mol. The summed E-state index contributed by atoms with van der Waals surface area (Å²) in [5.41, 5.74) is 0. The van der Waals surface area contributed by atoms with Crippen LogP contribution in [0, 0.1) is 0 Å². The fraction of sp³-hybridized carbons (Fsp3) is 1.00. The molecule has 0 heterocycles. The average Bonchev–Trinajstić information content (AvgIpc) is 1.41. The third kappa shape index (κ3) is 68.2. The van der Waals surface area contributed by atoms with Gasteiger partial charge >= 0.3 is 8.41 Å². The number of aliphatic hydroxyl groups excluding tert-OH is 1.